The average Bonchev–Trinajstić information content (AvgIpc) is 3.18. The third-order valence-electron chi connectivity index (χ3n) is 3.84. The summed E-state index contributed by atoms with van der Waals surface area (Å²) in [5, 5.41) is 18.9. The number of para-hydroxylation sites is 2. The van der Waals surface area contributed by atoms with Crippen molar-refractivity contribution in [3.05, 3.63) is 58.1 Å². The van der Waals surface area contributed by atoms with Crippen LogP contribution in [-0.2, 0) is 5.75 Å². The van der Waals surface area contributed by atoms with Gasteiger partial charge in [-0.1, -0.05) is 23.9 Å². The highest BCUT2D eigenvalue weighted by atomic mass is 32.2. The Kier molecular flexibility index (Phi) is 3.77. The fraction of sp³-hybridized carbons (Fsp3) is 0.125. The minimum atomic E-state index is -0.413. The van der Waals surface area contributed by atoms with Gasteiger partial charge < -0.3 is 4.74 Å². The molecule has 0 bridgehead atoms. The molecule has 0 saturated heterocycles. The standard InChI is InChI=1S/C16H13N5O3S/c1-24-14-7-6-11(21(22)23)8-10(14)9-25-16-19-18-15-17-12-4-2-3-5-13(12)20(15)16/h2-8H,9H2,1H3,(H,17,18). The van der Waals surface area contributed by atoms with Crippen molar-refractivity contribution in [2.45, 2.75) is 10.9 Å². The van der Waals surface area contributed by atoms with E-state index in [-0.39, 0.29) is 5.69 Å². The SMILES string of the molecule is COc1ccc([N+](=O)[O-])cc1CSc1n[nH]c2nc3ccccc3n12. The zero-order valence-electron chi connectivity index (χ0n) is 13.2. The Balaban J connectivity index is 1.69. The number of imidazole rings is 1. The highest BCUT2D eigenvalue weighted by Crippen LogP contribution is 2.31. The number of nitro benzene ring substituents is 1. The van der Waals surface area contributed by atoms with Crippen LogP contribution in [0.2, 0.25) is 0 Å². The van der Waals surface area contributed by atoms with Crippen LogP contribution in [0.1, 0.15) is 5.56 Å². The van der Waals surface area contributed by atoms with Crippen LogP contribution < -0.4 is 4.74 Å². The van der Waals surface area contributed by atoms with Gasteiger partial charge in [0.05, 0.1) is 23.1 Å². The first-order valence-electron chi connectivity index (χ1n) is 7.43. The summed E-state index contributed by atoms with van der Waals surface area (Å²) in [5.74, 6) is 1.76. The molecule has 0 aliphatic rings. The third kappa shape index (κ3) is 2.68. The second kappa shape index (κ2) is 6.10. The fourth-order valence-electron chi connectivity index (χ4n) is 2.67. The number of non-ortho nitro benzene ring substituents is 1. The van der Waals surface area contributed by atoms with E-state index in [9.17, 15) is 10.1 Å². The molecule has 0 saturated carbocycles. The number of nitrogens with zero attached hydrogens (tertiary/aromatic N) is 4. The predicted molar refractivity (Wildman–Crippen MR) is 94.1 cm³/mol. The summed E-state index contributed by atoms with van der Waals surface area (Å²) in [4.78, 5) is 15.1. The summed E-state index contributed by atoms with van der Waals surface area (Å²) in [7, 11) is 1.55. The van der Waals surface area contributed by atoms with Crippen molar-refractivity contribution in [2.75, 3.05) is 7.11 Å². The summed E-state index contributed by atoms with van der Waals surface area (Å²) in [5.41, 5.74) is 2.62. The van der Waals surface area contributed by atoms with Crippen LogP contribution >= 0.6 is 11.8 Å². The molecule has 2 aromatic heterocycles. The number of aromatic amines is 1. The molecule has 4 rings (SSSR count). The van der Waals surface area contributed by atoms with Crippen molar-refractivity contribution >= 4 is 34.3 Å². The quantitative estimate of drug-likeness (QED) is 0.335. The maximum Gasteiger partial charge on any atom is 0.270 e. The number of hydrogen-bond acceptors (Lipinski definition) is 6. The number of nitrogens with one attached hydrogen (secondary N) is 1. The first-order valence-corrected chi connectivity index (χ1v) is 8.41. The molecule has 0 spiro atoms. The molecule has 9 heteroatoms. The zero-order valence-corrected chi connectivity index (χ0v) is 14.0. The molecule has 0 unspecified atom stereocenters. The molecule has 0 aliphatic carbocycles. The molecule has 8 nitrogen and oxygen atoms in total. The largest absolute Gasteiger partial charge is 0.496 e. The number of nitro groups is 1. The smallest absolute Gasteiger partial charge is 0.270 e. The molecule has 25 heavy (non-hydrogen) atoms. The Labute approximate surface area is 146 Å². The van der Waals surface area contributed by atoms with Gasteiger partial charge in [-0.05, 0) is 18.2 Å². The number of H-pyrrole nitrogens is 1. The number of rotatable bonds is 5. The summed E-state index contributed by atoms with van der Waals surface area (Å²) >= 11 is 1.46. The third-order valence-corrected chi connectivity index (χ3v) is 4.82. The number of aromatic nitrogens is 4. The molecule has 0 aliphatic heterocycles. The van der Waals surface area contributed by atoms with E-state index < -0.39 is 4.92 Å². The number of methoxy groups -OCH3 is 1. The topological polar surface area (TPSA) is 98.4 Å². The summed E-state index contributed by atoms with van der Waals surface area (Å²) in [6.45, 7) is 0. The van der Waals surface area contributed by atoms with Crippen molar-refractivity contribution in [1.29, 1.82) is 0 Å². The molecule has 0 fully saturated rings. The number of benzene rings is 2. The molecule has 2 aromatic carbocycles. The summed E-state index contributed by atoms with van der Waals surface area (Å²) < 4.78 is 7.24. The minimum Gasteiger partial charge on any atom is -0.496 e. The Bertz CT molecular complexity index is 1090. The van der Waals surface area contributed by atoms with Crippen LogP contribution in [0, 0.1) is 10.1 Å². The van der Waals surface area contributed by atoms with E-state index in [0.29, 0.717) is 17.3 Å². The van der Waals surface area contributed by atoms with Crippen LogP contribution in [-0.4, -0.2) is 31.6 Å². The molecule has 4 aromatic rings. The van der Waals surface area contributed by atoms with Gasteiger partial charge in [-0.3, -0.25) is 14.5 Å². The second-order valence-corrected chi connectivity index (χ2v) is 6.25. The van der Waals surface area contributed by atoms with Gasteiger partial charge in [0.2, 0.25) is 5.78 Å². The fourth-order valence-corrected chi connectivity index (χ4v) is 3.61. The van der Waals surface area contributed by atoms with Crippen molar-refractivity contribution < 1.29 is 9.66 Å². The first kappa shape index (κ1) is 15.5. The molecular formula is C16H13N5O3S. The maximum atomic E-state index is 11.0. The number of ether oxygens (including phenoxy) is 1. The van der Waals surface area contributed by atoms with Gasteiger partial charge in [0.25, 0.3) is 5.69 Å². The second-order valence-electron chi connectivity index (χ2n) is 5.31. The predicted octanol–water partition coefficient (Wildman–Crippen LogP) is 3.42. The summed E-state index contributed by atoms with van der Waals surface area (Å²) in [6, 6.07) is 12.4. The summed E-state index contributed by atoms with van der Waals surface area (Å²) in [6.07, 6.45) is 0. The molecule has 0 radical (unpaired) electrons. The van der Waals surface area contributed by atoms with Crippen LogP contribution in [0.5, 0.6) is 5.75 Å². The monoisotopic (exact) mass is 355 g/mol. The number of hydrogen-bond donors (Lipinski definition) is 1. The van der Waals surface area contributed by atoms with E-state index >= 15 is 0 Å². The van der Waals surface area contributed by atoms with E-state index in [1.807, 2.05) is 28.7 Å². The molecule has 2 heterocycles. The highest BCUT2D eigenvalue weighted by Gasteiger charge is 2.15. The van der Waals surface area contributed by atoms with Gasteiger partial charge in [-0.2, -0.15) is 0 Å². The van der Waals surface area contributed by atoms with Gasteiger partial charge in [-0.25, -0.2) is 10.1 Å². The van der Waals surface area contributed by atoms with Gasteiger partial charge in [0, 0.05) is 23.4 Å². The highest BCUT2D eigenvalue weighted by molar-refractivity contribution is 7.98. The van der Waals surface area contributed by atoms with Crippen molar-refractivity contribution in [3.8, 4) is 5.75 Å². The van der Waals surface area contributed by atoms with E-state index in [1.165, 1.54) is 23.9 Å². The molecule has 1 N–H and O–H groups in total. The van der Waals surface area contributed by atoms with Gasteiger partial charge in [-0.15, -0.1) is 5.10 Å². The van der Waals surface area contributed by atoms with Crippen LogP contribution in [0.25, 0.3) is 16.8 Å². The Morgan fingerprint density at radius 3 is 2.96 bits per heavy atom. The molecule has 0 atom stereocenters. The lowest BCUT2D eigenvalue weighted by Gasteiger charge is -2.07. The van der Waals surface area contributed by atoms with Crippen molar-refractivity contribution in [2.24, 2.45) is 0 Å². The average molecular weight is 355 g/mol. The zero-order chi connectivity index (χ0) is 17.4. The van der Waals surface area contributed by atoms with Crippen LogP contribution in [0.4, 0.5) is 5.69 Å². The molecular weight excluding hydrogens is 342 g/mol. The van der Waals surface area contributed by atoms with E-state index in [4.69, 9.17) is 4.74 Å². The van der Waals surface area contributed by atoms with Crippen LogP contribution in [0.15, 0.2) is 47.6 Å². The number of fused-ring (bicyclic) bond motifs is 3. The van der Waals surface area contributed by atoms with Crippen molar-refractivity contribution in [3.63, 3.8) is 0 Å². The lowest BCUT2D eigenvalue weighted by Crippen LogP contribution is -1.95. The lowest BCUT2D eigenvalue weighted by molar-refractivity contribution is -0.384. The lowest BCUT2D eigenvalue weighted by atomic mass is 10.2. The molecule has 126 valence electrons. The normalized spacial score (nSPS) is 11.2. The minimum absolute atomic E-state index is 0.0386. The van der Waals surface area contributed by atoms with Gasteiger partial charge >= 0.3 is 0 Å². The Morgan fingerprint density at radius 2 is 2.16 bits per heavy atom. The molecule has 0 amide bonds. The van der Waals surface area contributed by atoms with Gasteiger partial charge in [0.15, 0.2) is 5.16 Å². The Hall–Kier alpha value is -3.07. The van der Waals surface area contributed by atoms with E-state index in [1.54, 1.807) is 13.2 Å². The maximum absolute atomic E-state index is 11.0. The van der Waals surface area contributed by atoms with E-state index in [2.05, 4.69) is 15.2 Å². The van der Waals surface area contributed by atoms with Gasteiger partial charge in [0.1, 0.15) is 5.75 Å². The van der Waals surface area contributed by atoms with Crippen molar-refractivity contribution in [1.82, 2.24) is 19.6 Å². The first-order chi connectivity index (χ1) is 12.2. The Morgan fingerprint density at radius 1 is 1.32 bits per heavy atom. The van der Waals surface area contributed by atoms with E-state index in [0.717, 1.165) is 21.8 Å². The van der Waals surface area contributed by atoms with Crippen LogP contribution in [0.3, 0.4) is 0 Å². The number of thioether (sulfide) groups is 1.